The molecule has 0 fully saturated rings. The van der Waals surface area contributed by atoms with Gasteiger partial charge in [0.25, 0.3) is 0 Å². The van der Waals surface area contributed by atoms with Gasteiger partial charge < -0.3 is 5.73 Å². The number of rotatable bonds is 3. The first-order chi connectivity index (χ1) is 8.91. The van der Waals surface area contributed by atoms with Gasteiger partial charge in [0.1, 0.15) is 5.82 Å². The average molecular weight is 270 g/mol. The molecule has 7 heteroatoms. The van der Waals surface area contributed by atoms with Crippen LogP contribution in [0.25, 0.3) is 11.4 Å². The maximum absolute atomic E-state index is 12.5. The van der Waals surface area contributed by atoms with E-state index in [-0.39, 0.29) is 5.69 Å². The Morgan fingerprint density at radius 1 is 1.32 bits per heavy atom. The Morgan fingerprint density at radius 3 is 2.63 bits per heavy atom. The Balaban J connectivity index is 2.35. The molecular formula is C12H13F3N4. The highest BCUT2D eigenvalue weighted by Gasteiger charge is 2.31. The molecule has 4 nitrogen and oxygen atoms in total. The summed E-state index contributed by atoms with van der Waals surface area (Å²) in [4.78, 5) is 4.19. The lowest BCUT2D eigenvalue weighted by atomic mass is 10.1. The van der Waals surface area contributed by atoms with Crippen molar-refractivity contribution in [2.45, 2.75) is 25.9 Å². The first kappa shape index (κ1) is 13.4. The van der Waals surface area contributed by atoms with Gasteiger partial charge in [-0.3, -0.25) is 5.10 Å². The van der Waals surface area contributed by atoms with Gasteiger partial charge in [0, 0.05) is 17.7 Å². The van der Waals surface area contributed by atoms with Crippen molar-refractivity contribution < 1.29 is 13.2 Å². The second-order valence-electron chi connectivity index (χ2n) is 4.16. The van der Waals surface area contributed by atoms with E-state index in [0.717, 1.165) is 25.0 Å². The Bertz CT molecular complexity index is 575. The molecule has 19 heavy (non-hydrogen) atoms. The van der Waals surface area contributed by atoms with Crippen molar-refractivity contribution in [2.24, 2.45) is 0 Å². The van der Waals surface area contributed by atoms with Crippen LogP contribution in [0.3, 0.4) is 0 Å². The normalized spacial score (nSPS) is 11.8. The van der Waals surface area contributed by atoms with Gasteiger partial charge in [0.2, 0.25) is 0 Å². The minimum absolute atomic E-state index is 0.0110. The molecule has 3 N–H and O–H groups in total. The standard InChI is InChI=1S/C12H13F3N4/c1-2-3-10-17-11(19-18-10)8-5-4-7(6-9(8)16)12(13,14)15/h4-6H,2-3,16H2,1H3,(H,17,18,19). The summed E-state index contributed by atoms with van der Waals surface area (Å²) in [5.41, 5.74) is 5.27. The summed E-state index contributed by atoms with van der Waals surface area (Å²) in [6, 6.07) is 3.16. The van der Waals surface area contributed by atoms with Crippen LogP contribution >= 0.6 is 0 Å². The molecule has 0 aliphatic carbocycles. The maximum Gasteiger partial charge on any atom is 0.416 e. The van der Waals surface area contributed by atoms with Gasteiger partial charge in [-0.05, 0) is 24.6 Å². The molecule has 2 aromatic rings. The highest BCUT2D eigenvalue weighted by Crippen LogP contribution is 2.33. The van der Waals surface area contributed by atoms with Gasteiger partial charge in [0.15, 0.2) is 5.82 Å². The maximum atomic E-state index is 12.5. The lowest BCUT2D eigenvalue weighted by Crippen LogP contribution is -2.06. The number of nitrogens with zero attached hydrogens (tertiary/aromatic N) is 2. The highest BCUT2D eigenvalue weighted by atomic mass is 19.4. The Kier molecular flexibility index (Phi) is 3.46. The van der Waals surface area contributed by atoms with Crippen molar-refractivity contribution in [3.05, 3.63) is 29.6 Å². The first-order valence-electron chi connectivity index (χ1n) is 5.80. The van der Waals surface area contributed by atoms with Crippen LogP contribution in [0.2, 0.25) is 0 Å². The minimum atomic E-state index is -4.40. The van der Waals surface area contributed by atoms with Gasteiger partial charge in [-0.1, -0.05) is 6.92 Å². The molecule has 0 aliphatic rings. The SMILES string of the molecule is CCCc1nc(-c2ccc(C(F)(F)F)cc2N)n[nH]1. The fourth-order valence-electron chi connectivity index (χ4n) is 1.71. The lowest BCUT2D eigenvalue weighted by Gasteiger charge is -2.08. The molecule has 0 unspecified atom stereocenters. The second kappa shape index (κ2) is 4.91. The smallest absolute Gasteiger partial charge is 0.398 e. The zero-order valence-electron chi connectivity index (χ0n) is 10.3. The zero-order valence-corrected chi connectivity index (χ0v) is 10.3. The van der Waals surface area contributed by atoms with Gasteiger partial charge >= 0.3 is 6.18 Å². The molecule has 1 aromatic heterocycles. The molecule has 0 spiro atoms. The number of halogens is 3. The van der Waals surface area contributed by atoms with E-state index in [4.69, 9.17) is 5.73 Å². The summed E-state index contributed by atoms with van der Waals surface area (Å²) >= 11 is 0. The van der Waals surface area contributed by atoms with E-state index in [9.17, 15) is 13.2 Å². The molecule has 0 saturated carbocycles. The lowest BCUT2D eigenvalue weighted by molar-refractivity contribution is -0.137. The van der Waals surface area contributed by atoms with E-state index in [2.05, 4.69) is 15.2 Å². The van der Waals surface area contributed by atoms with E-state index in [1.165, 1.54) is 6.07 Å². The van der Waals surface area contributed by atoms with Gasteiger partial charge in [-0.2, -0.15) is 18.3 Å². The Morgan fingerprint density at radius 2 is 2.05 bits per heavy atom. The van der Waals surface area contributed by atoms with Gasteiger partial charge in [0.05, 0.1) is 5.56 Å². The summed E-state index contributed by atoms with van der Waals surface area (Å²) in [6.45, 7) is 1.99. The monoisotopic (exact) mass is 270 g/mol. The van der Waals surface area contributed by atoms with Crippen molar-refractivity contribution in [1.82, 2.24) is 15.2 Å². The predicted molar refractivity (Wildman–Crippen MR) is 65.2 cm³/mol. The van der Waals surface area contributed by atoms with Crippen LogP contribution in [-0.4, -0.2) is 15.2 Å². The quantitative estimate of drug-likeness (QED) is 0.842. The van der Waals surface area contributed by atoms with Crippen LogP contribution < -0.4 is 5.73 Å². The van der Waals surface area contributed by atoms with E-state index in [1.54, 1.807) is 0 Å². The number of benzene rings is 1. The molecule has 102 valence electrons. The number of hydrogen-bond donors (Lipinski definition) is 2. The van der Waals surface area contributed by atoms with Crippen molar-refractivity contribution in [3.63, 3.8) is 0 Å². The number of H-pyrrole nitrogens is 1. The molecule has 2 rings (SSSR count). The summed E-state index contributed by atoms with van der Waals surface area (Å²) in [6.07, 6.45) is -2.77. The molecule has 0 radical (unpaired) electrons. The molecule has 0 atom stereocenters. The van der Waals surface area contributed by atoms with Crippen LogP contribution in [0.15, 0.2) is 18.2 Å². The van der Waals surface area contributed by atoms with Crippen LogP contribution in [0.1, 0.15) is 24.7 Å². The van der Waals surface area contributed by atoms with Crippen molar-refractivity contribution in [2.75, 3.05) is 5.73 Å². The first-order valence-corrected chi connectivity index (χ1v) is 5.80. The molecule has 0 aliphatic heterocycles. The van der Waals surface area contributed by atoms with Gasteiger partial charge in [-0.15, -0.1) is 0 Å². The Labute approximate surface area is 107 Å². The predicted octanol–water partition coefficient (Wildman–Crippen LogP) is 3.03. The largest absolute Gasteiger partial charge is 0.416 e. The minimum Gasteiger partial charge on any atom is -0.398 e. The van der Waals surface area contributed by atoms with Crippen LogP contribution in [0.4, 0.5) is 18.9 Å². The summed E-state index contributed by atoms with van der Waals surface area (Å²) in [5.74, 6) is 1.01. The van der Waals surface area contributed by atoms with Crippen molar-refractivity contribution in [1.29, 1.82) is 0 Å². The number of nitrogens with one attached hydrogen (secondary N) is 1. The molecule has 1 heterocycles. The third-order valence-corrected chi connectivity index (χ3v) is 2.64. The number of aryl methyl sites for hydroxylation is 1. The number of nitrogen functional groups attached to an aromatic ring is 1. The molecular weight excluding hydrogens is 257 g/mol. The fourth-order valence-corrected chi connectivity index (χ4v) is 1.71. The average Bonchev–Trinajstić information content (AvgIpc) is 2.76. The van der Waals surface area contributed by atoms with Crippen molar-refractivity contribution >= 4 is 5.69 Å². The molecule has 0 saturated heterocycles. The molecule has 0 amide bonds. The Hall–Kier alpha value is -2.05. The van der Waals surface area contributed by atoms with E-state index < -0.39 is 11.7 Å². The number of anilines is 1. The topological polar surface area (TPSA) is 67.6 Å². The van der Waals surface area contributed by atoms with E-state index in [0.29, 0.717) is 17.2 Å². The number of nitrogens with two attached hydrogens (primary N) is 1. The number of aromatic nitrogens is 3. The number of alkyl halides is 3. The zero-order chi connectivity index (χ0) is 14.0. The second-order valence-corrected chi connectivity index (χ2v) is 4.16. The summed E-state index contributed by atoms with van der Waals surface area (Å²) in [7, 11) is 0. The number of hydrogen-bond acceptors (Lipinski definition) is 3. The highest BCUT2D eigenvalue weighted by molar-refractivity contribution is 5.72. The summed E-state index contributed by atoms with van der Waals surface area (Å²) in [5, 5.41) is 6.70. The molecule has 0 bridgehead atoms. The summed E-state index contributed by atoms with van der Waals surface area (Å²) < 4.78 is 37.5. The van der Waals surface area contributed by atoms with Crippen molar-refractivity contribution in [3.8, 4) is 11.4 Å². The van der Waals surface area contributed by atoms with Crippen LogP contribution in [-0.2, 0) is 12.6 Å². The molecule has 1 aromatic carbocycles. The van der Waals surface area contributed by atoms with Crippen LogP contribution in [0, 0.1) is 0 Å². The van der Waals surface area contributed by atoms with E-state index >= 15 is 0 Å². The number of aromatic amines is 1. The van der Waals surface area contributed by atoms with Crippen LogP contribution in [0.5, 0.6) is 0 Å². The third-order valence-electron chi connectivity index (χ3n) is 2.64. The fraction of sp³-hybridized carbons (Fsp3) is 0.333. The third kappa shape index (κ3) is 2.86. The van der Waals surface area contributed by atoms with E-state index in [1.807, 2.05) is 6.92 Å². The van der Waals surface area contributed by atoms with Gasteiger partial charge in [-0.25, -0.2) is 4.98 Å².